The predicted octanol–water partition coefficient (Wildman–Crippen LogP) is 7.41. The van der Waals surface area contributed by atoms with Gasteiger partial charge in [-0.2, -0.15) is 5.26 Å². The quantitative estimate of drug-likeness (QED) is 0.386. The van der Waals surface area contributed by atoms with Crippen molar-refractivity contribution in [2.75, 3.05) is 5.32 Å². The number of nitrogens with zero attached hydrogens (tertiary/aromatic N) is 1. The summed E-state index contributed by atoms with van der Waals surface area (Å²) in [6.45, 7) is 4.46. The summed E-state index contributed by atoms with van der Waals surface area (Å²) in [5.41, 5.74) is 8.49. The summed E-state index contributed by atoms with van der Waals surface area (Å²) in [4.78, 5) is 0. The van der Waals surface area contributed by atoms with E-state index in [1.165, 1.54) is 22.8 Å². The summed E-state index contributed by atoms with van der Waals surface area (Å²) >= 11 is 0. The number of nitrogens with one attached hydrogen (secondary N) is 1. The maximum atomic E-state index is 14.8. The van der Waals surface area contributed by atoms with Crippen LogP contribution in [0.2, 0.25) is 0 Å². The molecule has 4 aromatic rings. The van der Waals surface area contributed by atoms with Crippen LogP contribution in [0.3, 0.4) is 0 Å². The van der Waals surface area contributed by atoms with E-state index < -0.39 is 0 Å². The summed E-state index contributed by atoms with van der Waals surface area (Å²) in [5.74, 6) is -0.305. The van der Waals surface area contributed by atoms with E-state index in [9.17, 15) is 4.39 Å². The molecule has 0 atom stereocenters. The molecule has 0 spiro atoms. The van der Waals surface area contributed by atoms with Crippen molar-refractivity contribution in [3.8, 4) is 28.3 Å². The van der Waals surface area contributed by atoms with E-state index in [4.69, 9.17) is 5.26 Å². The van der Waals surface area contributed by atoms with E-state index in [-0.39, 0.29) is 11.2 Å². The van der Waals surface area contributed by atoms with Crippen LogP contribution in [-0.4, -0.2) is 0 Å². The third-order valence-corrected chi connectivity index (χ3v) is 6.19. The van der Waals surface area contributed by atoms with Crippen molar-refractivity contribution < 1.29 is 4.39 Å². The lowest BCUT2D eigenvalue weighted by Gasteiger charge is -2.21. The van der Waals surface area contributed by atoms with Gasteiger partial charge < -0.3 is 5.32 Å². The fourth-order valence-corrected chi connectivity index (χ4v) is 4.54. The zero-order valence-corrected chi connectivity index (χ0v) is 17.4. The van der Waals surface area contributed by atoms with Crippen LogP contribution in [0, 0.1) is 17.1 Å². The van der Waals surface area contributed by atoms with E-state index in [2.05, 4.69) is 49.5 Å². The Bertz CT molecular complexity index is 1340. The Kier molecular flexibility index (Phi) is 4.38. The number of fused-ring (bicyclic) bond motifs is 3. The van der Waals surface area contributed by atoms with Gasteiger partial charge in [-0.25, -0.2) is 4.39 Å². The molecule has 0 aliphatic heterocycles. The molecule has 0 aromatic heterocycles. The largest absolute Gasteiger partial charge is 0.353 e. The van der Waals surface area contributed by atoms with Gasteiger partial charge in [0.05, 0.1) is 17.3 Å². The van der Waals surface area contributed by atoms with Crippen molar-refractivity contribution in [1.82, 2.24) is 0 Å². The molecule has 4 aromatic carbocycles. The van der Waals surface area contributed by atoms with Gasteiger partial charge in [0.2, 0.25) is 0 Å². The highest BCUT2D eigenvalue weighted by atomic mass is 19.1. The van der Waals surface area contributed by atoms with Crippen molar-refractivity contribution in [2.45, 2.75) is 19.3 Å². The van der Waals surface area contributed by atoms with E-state index in [0.717, 1.165) is 22.4 Å². The number of hydrogen-bond donors (Lipinski definition) is 1. The van der Waals surface area contributed by atoms with E-state index >= 15 is 0 Å². The van der Waals surface area contributed by atoms with Crippen LogP contribution in [0.25, 0.3) is 22.3 Å². The Hall–Kier alpha value is -3.90. The summed E-state index contributed by atoms with van der Waals surface area (Å²) < 4.78 is 14.8. The Morgan fingerprint density at radius 2 is 1.48 bits per heavy atom. The van der Waals surface area contributed by atoms with Gasteiger partial charge in [0.1, 0.15) is 5.82 Å². The molecule has 150 valence electrons. The van der Waals surface area contributed by atoms with Gasteiger partial charge in [-0.1, -0.05) is 68.4 Å². The first-order valence-corrected chi connectivity index (χ1v) is 10.3. The molecule has 3 heteroatoms. The second-order valence-corrected chi connectivity index (χ2v) is 8.41. The lowest BCUT2D eigenvalue weighted by Crippen LogP contribution is -2.14. The van der Waals surface area contributed by atoms with Gasteiger partial charge in [-0.3, -0.25) is 0 Å². The fourth-order valence-electron chi connectivity index (χ4n) is 4.54. The topological polar surface area (TPSA) is 35.8 Å². The average molecular weight is 404 g/mol. The van der Waals surface area contributed by atoms with Crippen molar-refractivity contribution in [3.63, 3.8) is 0 Å². The van der Waals surface area contributed by atoms with Crippen LogP contribution in [0.4, 0.5) is 15.8 Å². The third-order valence-electron chi connectivity index (χ3n) is 6.19. The molecule has 0 bridgehead atoms. The number of hydrogen-bond acceptors (Lipinski definition) is 2. The van der Waals surface area contributed by atoms with Crippen LogP contribution < -0.4 is 5.32 Å². The van der Waals surface area contributed by atoms with Crippen LogP contribution in [-0.2, 0) is 5.41 Å². The molecule has 0 unspecified atom stereocenters. The average Bonchev–Trinajstić information content (AvgIpc) is 3.03. The van der Waals surface area contributed by atoms with Gasteiger partial charge in [0.15, 0.2) is 0 Å². The highest BCUT2D eigenvalue weighted by Crippen LogP contribution is 2.51. The summed E-state index contributed by atoms with van der Waals surface area (Å²) in [6.07, 6.45) is 0. The minimum atomic E-state index is -0.305. The molecule has 0 saturated carbocycles. The fraction of sp³-hybridized carbons (Fsp3) is 0.107. The lowest BCUT2D eigenvalue weighted by molar-refractivity contribution is 0.632. The molecule has 0 radical (unpaired) electrons. The minimum Gasteiger partial charge on any atom is -0.353 e. The number of benzene rings is 4. The molecular weight excluding hydrogens is 383 g/mol. The molecule has 1 N–H and O–H groups in total. The zero-order valence-electron chi connectivity index (χ0n) is 17.4. The Morgan fingerprint density at radius 3 is 2.26 bits per heavy atom. The van der Waals surface area contributed by atoms with Crippen molar-refractivity contribution in [1.29, 1.82) is 5.26 Å². The molecule has 0 heterocycles. The number of nitriles is 1. The van der Waals surface area contributed by atoms with Crippen LogP contribution in [0.5, 0.6) is 0 Å². The molecular formula is C28H21FN2. The molecule has 31 heavy (non-hydrogen) atoms. The Morgan fingerprint density at radius 1 is 0.774 bits per heavy atom. The first-order chi connectivity index (χ1) is 15.0. The second kappa shape index (κ2) is 7.11. The standard InChI is InChI=1S/C28H21FN2/c1-28(2)22-7-4-3-6-21(22)27-23(28)8-5-9-25(27)31-26-16-20(14-15-24(26)29)19-12-10-18(17-30)11-13-19/h3-16,31H,1-2H3. The van der Waals surface area contributed by atoms with Gasteiger partial charge >= 0.3 is 0 Å². The van der Waals surface area contributed by atoms with Gasteiger partial charge in [0.25, 0.3) is 0 Å². The Labute approximate surface area is 181 Å². The molecule has 1 aliphatic rings. The molecule has 0 saturated heterocycles. The van der Waals surface area contributed by atoms with Crippen LogP contribution in [0.1, 0.15) is 30.5 Å². The van der Waals surface area contributed by atoms with E-state index in [1.54, 1.807) is 18.2 Å². The first kappa shape index (κ1) is 19.1. The number of anilines is 2. The molecule has 1 aliphatic carbocycles. The summed E-state index contributed by atoms with van der Waals surface area (Å²) in [5, 5.41) is 12.4. The SMILES string of the molecule is CC1(C)c2ccccc2-c2c(Nc3cc(-c4ccc(C#N)cc4)ccc3F)cccc21. The molecule has 0 fully saturated rings. The zero-order chi connectivity index (χ0) is 21.6. The maximum absolute atomic E-state index is 14.8. The molecule has 2 nitrogen and oxygen atoms in total. The number of rotatable bonds is 3. The molecule has 5 rings (SSSR count). The monoisotopic (exact) mass is 404 g/mol. The molecule has 0 amide bonds. The predicted molar refractivity (Wildman–Crippen MR) is 124 cm³/mol. The second-order valence-electron chi connectivity index (χ2n) is 8.41. The van der Waals surface area contributed by atoms with Gasteiger partial charge in [-0.15, -0.1) is 0 Å². The van der Waals surface area contributed by atoms with Crippen LogP contribution in [0.15, 0.2) is 84.9 Å². The summed E-state index contributed by atoms with van der Waals surface area (Å²) in [7, 11) is 0. The van der Waals surface area contributed by atoms with Crippen molar-refractivity contribution in [3.05, 3.63) is 107 Å². The van der Waals surface area contributed by atoms with E-state index in [0.29, 0.717) is 11.3 Å². The van der Waals surface area contributed by atoms with E-state index in [1.807, 2.05) is 36.4 Å². The van der Waals surface area contributed by atoms with Gasteiger partial charge in [0, 0.05) is 16.7 Å². The van der Waals surface area contributed by atoms with Crippen molar-refractivity contribution >= 4 is 11.4 Å². The smallest absolute Gasteiger partial charge is 0.146 e. The lowest BCUT2D eigenvalue weighted by atomic mass is 9.82. The first-order valence-electron chi connectivity index (χ1n) is 10.3. The normalized spacial score (nSPS) is 13.2. The van der Waals surface area contributed by atoms with Crippen molar-refractivity contribution in [2.24, 2.45) is 0 Å². The maximum Gasteiger partial charge on any atom is 0.146 e. The Balaban J connectivity index is 1.58. The minimum absolute atomic E-state index is 0.105. The summed E-state index contributed by atoms with van der Waals surface area (Å²) in [6, 6.07) is 29.1. The highest BCUT2D eigenvalue weighted by molar-refractivity contribution is 5.91. The van der Waals surface area contributed by atoms with Crippen LogP contribution >= 0.6 is 0 Å². The van der Waals surface area contributed by atoms with Gasteiger partial charge in [-0.05, 0) is 58.1 Å². The third kappa shape index (κ3) is 3.08. The highest BCUT2D eigenvalue weighted by Gasteiger charge is 2.36. The number of halogens is 1.